The SMILES string of the molecule is CCN(Cc1cc(F)cc(/C(N)=N/O)c1)C(C)CN(C)C. The highest BCUT2D eigenvalue weighted by atomic mass is 19.1. The van der Waals surface area contributed by atoms with Gasteiger partial charge in [-0.05, 0) is 51.3 Å². The second kappa shape index (κ2) is 7.95. The molecule has 0 aliphatic carbocycles. The van der Waals surface area contributed by atoms with Crippen LogP contribution in [0.4, 0.5) is 4.39 Å². The molecule has 0 saturated carbocycles. The maximum atomic E-state index is 13.7. The lowest BCUT2D eigenvalue weighted by atomic mass is 10.1. The van der Waals surface area contributed by atoms with Gasteiger partial charge in [-0.2, -0.15) is 0 Å². The summed E-state index contributed by atoms with van der Waals surface area (Å²) in [5.41, 5.74) is 6.74. The minimum absolute atomic E-state index is 0.0832. The molecule has 5 nitrogen and oxygen atoms in total. The first-order valence-corrected chi connectivity index (χ1v) is 7.03. The van der Waals surface area contributed by atoms with Crippen molar-refractivity contribution >= 4 is 5.84 Å². The van der Waals surface area contributed by atoms with Crippen LogP contribution < -0.4 is 5.73 Å². The van der Waals surface area contributed by atoms with Crippen LogP contribution in [-0.4, -0.2) is 54.1 Å². The highest BCUT2D eigenvalue weighted by Crippen LogP contribution is 2.13. The molecule has 0 bridgehead atoms. The van der Waals surface area contributed by atoms with Crippen molar-refractivity contribution in [1.82, 2.24) is 9.80 Å². The number of amidine groups is 1. The Labute approximate surface area is 125 Å². The topological polar surface area (TPSA) is 65.1 Å². The van der Waals surface area contributed by atoms with Crippen LogP contribution in [0, 0.1) is 5.82 Å². The van der Waals surface area contributed by atoms with E-state index in [1.54, 1.807) is 6.07 Å². The summed E-state index contributed by atoms with van der Waals surface area (Å²) in [6, 6.07) is 4.85. The van der Waals surface area contributed by atoms with E-state index < -0.39 is 0 Å². The van der Waals surface area contributed by atoms with E-state index in [-0.39, 0.29) is 11.7 Å². The molecule has 0 amide bonds. The quantitative estimate of drug-likeness (QED) is 0.348. The van der Waals surface area contributed by atoms with E-state index >= 15 is 0 Å². The van der Waals surface area contributed by atoms with Gasteiger partial charge < -0.3 is 15.8 Å². The van der Waals surface area contributed by atoms with Crippen molar-refractivity contribution in [3.8, 4) is 0 Å². The minimum Gasteiger partial charge on any atom is -0.409 e. The summed E-state index contributed by atoms with van der Waals surface area (Å²) >= 11 is 0. The molecule has 0 spiro atoms. The predicted molar refractivity (Wildman–Crippen MR) is 83.0 cm³/mol. The van der Waals surface area contributed by atoms with Gasteiger partial charge in [0.1, 0.15) is 5.82 Å². The number of likely N-dealkylation sites (N-methyl/N-ethyl adjacent to an activating group) is 2. The Kier molecular flexibility index (Phi) is 6.58. The van der Waals surface area contributed by atoms with E-state index in [9.17, 15) is 4.39 Å². The lowest BCUT2D eigenvalue weighted by Gasteiger charge is -2.30. The summed E-state index contributed by atoms with van der Waals surface area (Å²) < 4.78 is 13.7. The fourth-order valence-corrected chi connectivity index (χ4v) is 2.41. The molecule has 0 aliphatic rings. The standard InChI is InChI=1S/C15H25FN4O/c1-5-20(11(2)9-19(3)4)10-12-6-13(15(17)18-21)8-14(16)7-12/h6-8,11,21H,5,9-10H2,1-4H3,(H2,17,18). The van der Waals surface area contributed by atoms with Crippen LogP contribution in [0.5, 0.6) is 0 Å². The number of nitrogens with zero attached hydrogens (tertiary/aromatic N) is 3. The van der Waals surface area contributed by atoms with Crippen molar-refractivity contribution in [1.29, 1.82) is 0 Å². The summed E-state index contributed by atoms with van der Waals surface area (Å²) in [6.07, 6.45) is 0. The number of hydrogen-bond donors (Lipinski definition) is 2. The van der Waals surface area contributed by atoms with Crippen molar-refractivity contribution in [2.75, 3.05) is 27.2 Å². The average Bonchev–Trinajstić information content (AvgIpc) is 2.42. The smallest absolute Gasteiger partial charge is 0.170 e. The van der Waals surface area contributed by atoms with Crippen LogP contribution in [0.25, 0.3) is 0 Å². The third-order valence-electron chi connectivity index (χ3n) is 3.41. The van der Waals surface area contributed by atoms with Crippen molar-refractivity contribution in [3.05, 3.63) is 35.1 Å². The summed E-state index contributed by atoms with van der Waals surface area (Å²) in [6.45, 7) is 6.64. The van der Waals surface area contributed by atoms with E-state index in [1.165, 1.54) is 12.1 Å². The molecular formula is C15H25FN4O. The number of nitrogens with two attached hydrogens (primary N) is 1. The second-order valence-electron chi connectivity index (χ2n) is 5.51. The van der Waals surface area contributed by atoms with E-state index in [2.05, 4.69) is 28.8 Å². The highest BCUT2D eigenvalue weighted by molar-refractivity contribution is 5.97. The number of rotatable bonds is 7. The first-order chi connectivity index (χ1) is 9.87. The predicted octanol–water partition coefficient (Wildman–Crippen LogP) is 1.69. The van der Waals surface area contributed by atoms with Gasteiger partial charge in [0.2, 0.25) is 0 Å². The van der Waals surface area contributed by atoms with E-state index in [4.69, 9.17) is 10.9 Å². The van der Waals surface area contributed by atoms with Gasteiger partial charge in [-0.1, -0.05) is 12.1 Å². The fraction of sp³-hybridized carbons (Fsp3) is 0.533. The van der Waals surface area contributed by atoms with Gasteiger partial charge in [0.15, 0.2) is 5.84 Å². The van der Waals surface area contributed by atoms with Crippen LogP contribution in [-0.2, 0) is 6.54 Å². The van der Waals surface area contributed by atoms with Crippen molar-refractivity contribution in [2.24, 2.45) is 10.9 Å². The average molecular weight is 296 g/mol. The van der Waals surface area contributed by atoms with E-state index in [1.807, 2.05) is 14.1 Å². The summed E-state index contributed by atoms with van der Waals surface area (Å²) in [7, 11) is 4.06. The molecule has 118 valence electrons. The Morgan fingerprint density at radius 3 is 2.57 bits per heavy atom. The highest BCUT2D eigenvalue weighted by Gasteiger charge is 2.14. The second-order valence-corrected chi connectivity index (χ2v) is 5.51. The molecule has 0 heterocycles. The van der Waals surface area contributed by atoms with Crippen LogP contribution in [0.1, 0.15) is 25.0 Å². The van der Waals surface area contributed by atoms with E-state index in [0.717, 1.165) is 18.7 Å². The molecule has 0 radical (unpaired) electrons. The monoisotopic (exact) mass is 296 g/mol. The fourth-order valence-electron chi connectivity index (χ4n) is 2.41. The summed E-state index contributed by atoms with van der Waals surface area (Å²) in [4.78, 5) is 4.38. The first-order valence-electron chi connectivity index (χ1n) is 7.03. The Hall–Kier alpha value is -1.66. The first kappa shape index (κ1) is 17.4. The third kappa shape index (κ3) is 5.32. The van der Waals surface area contributed by atoms with E-state index in [0.29, 0.717) is 18.2 Å². The van der Waals surface area contributed by atoms with Crippen LogP contribution in [0.2, 0.25) is 0 Å². The summed E-state index contributed by atoms with van der Waals surface area (Å²) in [5.74, 6) is -0.467. The van der Waals surface area contributed by atoms with Gasteiger partial charge in [0.25, 0.3) is 0 Å². The number of hydrogen-bond acceptors (Lipinski definition) is 4. The van der Waals surface area contributed by atoms with Crippen molar-refractivity contribution in [3.63, 3.8) is 0 Å². The Balaban J connectivity index is 2.92. The van der Waals surface area contributed by atoms with Crippen molar-refractivity contribution in [2.45, 2.75) is 26.4 Å². The van der Waals surface area contributed by atoms with Gasteiger partial charge in [0.05, 0.1) is 0 Å². The molecule has 1 aromatic carbocycles. The van der Waals surface area contributed by atoms with Crippen molar-refractivity contribution < 1.29 is 9.60 Å². The molecule has 6 heteroatoms. The molecule has 0 aromatic heterocycles. The summed E-state index contributed by atoms with van der Waals surface area (Å²) in [5, 5.41) is 11.6. The van der Waals surface area contributed by atoms with Crippen LogP contribution in [0.3, 0.4) is 0 Å². The molecular weight excluding hydrogens is 271 g/mol. The molecule has 0 fully saturated rings. The lowest BCUT2D eigenvalue weighted by Crippen LogP contribution is -2.39. The number of benzene rings is 1. The third-order valence-corrected chi connectivity index (χ3v) is 3.41. The van der Waals surface area contributed by atoms with Gasteiger partial charge in [-0.3, -0.25) is 4.90 Å². The zero-order valence-electron chi connectivity index (χ0n) is 13.2. The Bertz CT molecular complexity index is 491. The van der Waals surface area contributed by atoms with Crippen LogP contribution in [0.15, 0.2) is 23.4 Å². The zero-order chi connectivity index (χ0) is 16.0. The number of oxime groups is 1. The largest absolute Gasteiger partial charge is 0.409 e. The number of halogens is 1. The van der Waals surface area contributed by atoms with Gasteiger partial charge in [-0.25, -0.2) is 4.39 Å². The molecule has 0 saturated heterocycles. The Morgan fingerprint density at radius 1 is 1.38 bits per heavy atom. The van der Waals surface area contributed by atoms with Gasteiger partial charge in [0, 0.05) is 24.7 Å². The van der Waals surface area contributed by atoms with Gasteiger partial charge >= 0.3 is 0 Å². The maximum absolute atomic E-state index is 13.7. The van der Waals surface area contributed by atoms with Gasteiger partial charge in [-0.15, -0.1) is 0 Å². The molecule has 0 aliphatic heterocycles. The molecule has 1 unspecified atom stereocenters. The van der Waals surface area contributed by atoms with Crippen LogP contribution >= 0.6 is 0 Å². The Morgan fingerprint density at radius 2 is 2.05 bits per heavy atom. The maximum Gasteiger partial charge on any atom is 0.170 e. The lowest BCUT2D eigenvalue weighted by molar-refractivity contribution is 0.174. The normalized spacial score (nSPS) is 14.0. The zero-order valence-corrected chi connectivity index (χ0v) is 13.2. The molecule has 1 atom stereocenters. The molecule has 1 aromatic rings. The minimum atomic E-state index is -0.384. The molecule has 3 N–H and O–H groups in total. The molecule has 21 heavy (non-hydrogen) atoms. The molecule has 1 rings (SSSR count).